The molecule has 168 valence electrons. The first-order valence-electron chi connectivity index (χ1n) is 9.69. The number of nitrogens with one attached hydrogen (secondary N) is 1. The standard InChI is InChI=1S/C20H23Cl2N3O5S/c1-13(2)18(23-19(26)17-4-3-11-30-17)20(27)24-7-9-25(10-8-24)31(28,29)14-5-6-15(21)16(22)12-14/h3-6,11-13,18H,7-10H2,1-2H3,(H,23,26)/t18-/m1/s1. The number of carbonyl (C=O) groups is 2. The molecule has 0 aliphatic carbocycles. The first-order valence-corrected chi connectivity index (χ1v) is 11.9. The van der Waals surface area contributed by atoms with Gasteiger partial charge in [-0.3, -0.25) is 9.59 Å². The van der Waals surface area contributed by atoms with Gasteiger partial charge >= 0.3 is 0 Å². The van der Waals surface area contributed by atoms with Crippen LogP contribution < -0.4 is 5.32 Å². The Morgan fingerprint density at radius 1 is 1.06 bits per heavy atom. The fraction of sp³-hybridized carbons (Fsp3) is 0.400. The van der Waals surface area contributed by atoms with E-state index in [9.17, 15) is 18.0 Å². The van der Waals surface area contributed by atoms with Crippen molar-refractivity contribution in [3.05, 3.63) is 52.4 Å². The van der Waals surface area contributed by atoms with Gasteiger partial charge in [-0.1, -0.05) is 37.0 Å². The average Bonchev–Trinajstić information content (AvgIpc) is 3.28. The number of benzene rings is 1. The molecule has 1 N–H and O–H groups in total. The smallest absolute Gasteiger partial charge is 0.287 e. The Bertz CT molecular complexity index is 1050. The van der Waals surface area contributed by atoms with Crippen molar-refractivity contribution >= 4 is 45.0 Å². The third-order valence-electron chi connectivity index (χ3n) is 5.04. The van der Waals surface area contributed by atoms with E-state index in [2.05, 4.69) is 5.32 Å². The SMILES string of the molecule is CC(C)[C@@H](NC(=O)c1ccco1)C(=O)N1CCN(S(=O)(=O)c2ccc(Cl)c(Cl)c2)CC1. The zero-order chi connectivity index (χ0) is 22.8. The highest BCUT2D eigenvalue weighted by Gasteiger charge is 2.34. The van der Waals surface area contributed by atoms with Crippen molar-refractivity contribution in [2.24, 2.45) is 5.92 Å². The van der Waals surface area contributed by atoms with Crippen molar-refractivity contribution in [3.63, 3.8) is 0 Å². The molecule has 11 heteroatoms. The minimum absolute atomic E-state index is 0.0486. The molecule has 1 fully saturated rings. The van der Waals surface area contributed by atoms with Crippen LogP contribution in [0.1, 0.15) is 24.4 Å². The summed E-state index contributed by atoms with van der Waals surface area (Å²) in [6.07, 6.45) is 1.38. The topological polar surface area (TPSA) is 99.9 Å². The van der Waals surface area contributed by atoms with Crippen LogP contribution in [0.15, 0.2) is 45.9 Å². The van der Waals surface area contributed by atoms with E-state index in [0.717, 1.165) is 0 Å². The summed E-state index contributed by atoms with van der Waals surface area (Å²) in [7, 11) is -3.77. The number of sulfonamides is 1. The van der Waals surface area contributed by atoms with Crippen LogP contribution in [0.2, 0.25) is 10.0 Å². The molecule has 8 nitrogen and oxygen atoms in total. The third kappa shape index (κ3) is 5.23. The van der Waals surface area contributed by atoms with Crippen molar-refractivity contribution in [1.29, 1.82) is 0 Å². The number of hydrogen-bond acceptors (Lipinski definition) is 5. The molecule has 2 aromatic rings. The fourth-order valence-corrected chi connectivity index (χ4v) is 5.08. The summed E-state index contributed by atoms with van der Waals surface area (Å²) in [6, 6.07) is 6.51. The van der Waals surface area contributed by atoms with Crippen molar-refractivity contribution < 1.29 is 22.4 Å². The third-order valence-corrected chi connectivity index (χ3v) is 7.68. The highest BCUT2D eigenvalue weighted by atomic mass is 35.5. The van der Waals surface area contributed by atoms with E-state index in [-0.39, 0.29) is 58.7 Å². The van der Waals surface area contributed by atoms with Gasteiger partial charge in [0.2, 0.25) is 15.9 Å². The first-order chi connectivity index (χ1) is 14.6. The van der Waals surface area contributed by atoms with Crippen LogP contribution in [0.25, 0.3) is 0 Å². The minimum atomic E-state index is -3.77. The highest BCUT2D eigenvalue weighted by Crippen LogP contribution is 2.27. The van der Waals surface area contributed by atoms with Crippen LogP contribution in [-0.4, -0.2) is 61.7 Å². The molecule has 3 rings (SSSR count). The van der Waals surface area contributed by atoms with E-state index in [4.69, 9.17) is 27.6 Å². The van der Waals surface area contributed by atoms with E-state index in [0.29, 0.717) is 0 Å². The van der Waals surface area contributed by atoms with Gasteiger partial charge in [0.25, 0.3) is 5.91 Å². The largest absolute Gasteiger partial charge is 0.459 e. The Morgan fingerprint density at radius 3 is 2.29 bits per heavy atom. The molecule has 0 spiro atoms. The van der Waals surface area contributed by atoms with Gasteiger partial charge in [-0.15, -0.1) is 0 Å². The molecule has 31 heavy (non-hydrogen) atoms. The normalized spacial score (nSPS) is 16.4. The maximum atomic E-state index is 13.0. The summed E-state index contributed by atoms with van der Waals surface area (Å²) >= 11 is 11.8. The van der Waals surface area contributed by atoms with Gasteiger partial charge in [-0.2, -0.15) is 4.31 Å². The number of halogens is 2. The molecule has 1 aromatic heterocycles. The summed E-state index contributed by atoms with van der Waals surface area (Å²) in [6.45, 7) is 4.33. The van der Waals surface area contributed by atoms with Crippen molar-refractivity contribution in [2.75, 3.05) is 26.2 Å². The van der Waals surface area contributed by atoms with Gasteiger partial charge in [0, 0.05) is 26.2 Å². The quantitative estimate of drug-likeness (QED) is 0.674. The highest BCUT2D eigenvalue weighted by molar-refractivity contribution is 7.89. The number of furan rings is 1. The van der Waals surface area contributed by atoms with Gasteiger partial charge in [-0.25, -0.2) is 8.42 Å². The van der Waals surface area contributed by atoms with Crippen LogP contribution in [0.3, 0.4) is 0 Å². The average molecular weight is 488 g/mol. The van der Waals surface area contributed by atoms with E-state index >= 15 is 0 Å². The van der Waals surface area contributed by atoms with Crippen LogP contribution in [0, 0.1) is 5.92 Å². The number of amides is 2. The second-order valence-electron chi connectivity index (χ2n) is 7.48. The predicted molar refractivity (Wildman–Crippen MR) is 117 cm³/mol. The van der Waals surface area contributed by atoms with E-state index in [1.165, 1.54) is 34.8 Å². The molecule has 2 heterocycles. The Kier molecular flexibility index (Phi) is 7.31. The molecule has 2 amide bonds. The summed E-state index contributed by atoms with van der Waals surface area (Å²) in [5.74, 6) is -0.778. The van der Waals surface area contributed by atoms with Crippen LogP contribution in [0.4, 0.5) is 0 Å². The molecule has 1 atom stereocenters. The zero-order valence-electron chi connectivity index (χ0n) is 17.0. The summed E-state index contributed by atoms with van der Waals surface area (Å²) in [5, 5.41) is 3.14. The predicted octanol–water partition coefficient (Wildman–Crippen LogP) is 2.87. The molecular formula is C20H23Cl2N3O5S. The molecule has 1 aliphatic heterocycles. The maximum absolute atomic E-state index is 13.0. The Hall–Kier alpha value is -2.07. The lowest BCUT2D eigenvalue weighted by atomic mass is 10.0. The second-order valence-corrected chi connectivity index (χ2v) is 10.2. The minimum Gasteiger partial charge on any atom is -0.459 e. The molecule has 1 aromatic carbocycles. The lowest BCUT2D eigenvalue weighted by Gasteiger charge is -2.36. The molecule has 1 saturated heterocycles. The van der Waals surface area contributed by atoms with E-state index in [1.54, 1.807) is 11.0 Å². The van der Waals surface area contributed by atoms with E-state index in [1.807, 2.05) is 13.8 Å². The van der Waals surface area contributed by atoms with Gasteiger partial charge in [0.05, 0.1) is 21.2 Å². The Labute approximate surface area is 191 Å². The van der Waals surface area contributed by atoms with Gasteiger partial charge in [0.15, 0.2) is 5.76 Å². The Balaban J connectivity index is 1.66. The number of hydrogen-bond donors (Lipinski definition) is 1. The lowest BCUT2D eigenvalue weighted by Crippen LogP contribution is -2.57. The second kappa shape index (κ2) is 9.60. The van der Waals surface area contributed by atoms with Crippen LogP contribution >= 0.6 is 23.2 Å². The summed E-state index contributed by atoms with van der Waals surface area (Å²) in [4.78, 5) is 27.0. The lowest BCUT2D eigenvalue weighted by molar-refractivity contribution is -0.135. The number of piperazine rings is 1. The van der Waals surface area contributed by atoms with Crippen molar-refractivity contribution in [1.82, 2.24) is 14.5 Å². The number of rotatable bonds is 6. The van der Waals surface area contributed by atoms with Crippen LogP contribution in [-0.2, 0) is 14.8 Å². The van der Waals surface area contributed by atoms with Gasteiger partial charge < -0.3 is 14.6 Å². The molecular weight excluding hydrogens is 465 g/mol. The van der Waals surface area contributed by atoms with Crippen molar-refractivity contribution in [2.45, 2.75) is 24.8 Å². The Morgan fingerprint density at radius 2 is 1.74 bits per heavy atom. The fourth-order valence-electron chi connectivity index (χ4n) is 3.27. The molecule has 0 radical (unpaired) electrons. The summed E-state index contributed by atoms with van der Waals surface area (Å²) in [5.41, 5.74) is 0. The molecule has 0 saturated carbocycles. The summed E-state index contributed by atoms with van der Waals surface area (Å²) < 4.78 is 32.2. The molecule has 1 aliphatic rings. The number of carbonyl (C=O) groups excluding carboxylic acids is 2. The van der Waals surface area contributed by atoms with Crippen LogP contribution in [0.5, 0.6) is 0 Å². The monoisotopic (exact) mass is 487 g/mol. The first kappa shape index (κ1) is 23.6. The van der Waals surface area contributed by atoms with Gasteiger partial charge in [-0.05, 0) is 36.2 Å². The van der Waals surface area contributed by atoms with E-state index < -0.39 is 22.0 Å². The maximum Gasteiger partial charge on any atom is 0.287 e. The van der Waals surface area contributed by atoms with Crippen molar-refractivity contribution in [3.8, 4) is 0 Å². The molecule has 0 unspecified atom stereocenters. The molecule has 0 bridgehead atoms. The zero-order valence-corrected chi connectivity index (χ0v) is 19.4. The van der Waals surface area contributed by atoms with Gasteiger partial charge in [0.1, 0.15) is 6.04 Å². The number of nitrogens with zero attached hydrogens (tertiary/aromatic N) is 2.